The molecule has 1 heterocycles. The van der Waals surface area contributed by atoms with E-state index in [4.69, 9.17) is 0 Å². The molecule has 1 aliphatic carbocycles. The van der Waals surface area contributed by atoms with Crippen molar-refractivity contribution in [2.24, 2.45) is 5.92 Å². The SMILES string of the molecule is C[C@@H]1CCCC[C@H]1NC(=O)/C(=C\c1c[nH]c2ccccc12)NC(=O)c1ccccc1. The van der Waals surface area contributed by atoms with Crippen molar-refractivity contribution < 1.29 is 9.59 Å². The van der Waals surface area contributed by atoms with Crippen molar-refractivity contribution in [3.8, 4) is 0 Å². The fourth-order valence-electron chi connectivity index (χ4n) is 4.09. The third-order valence-corrected chi connectivity index (χ3v) is 5.88. The molecule has 1 aliphatic rings. The second kappa shape index (κ2) is 8.99. The summed E-state index contributed by atoms with van der Waals surface area (Å²) >= 11 is 0. The first-order valence-corrected chi connectivity index (χ1v) is 10.6. The Bertz CT molecular complexity index is 1070. The number of hydrogen-bond acceptors (Lipinski definition) is 2. The van der Waals surface area contributed by atoms with E-state index < -0.39 is 0 Å². The molecule has 1 saturated carbocycles. The molecule has 0 aliphatic heterocycles. The Morgan fingerprint density at radius 1 is 1.00 bits per heavy atom. The Kier molecular flexibility index (Phi) is 5.98. The Hall–Kier alpha value is -3.34. The van der Waals surface area contributed by atoms with Crippen molar-refractivity contribution in [2.75, 3.05) is 0 Å². The highest BCUT2D eigenvalue weighted by atomic mass is 16.2. The average molecular weight is 402 g/mol. The van der Waals surface area contributed by atoms with E-state index in [0.29, 0.717) is 11.5 Å². The van der Waals surface area contributed by atoms with Crippen molar-refractivity contribution in [2.45, 2.75) is 38.6 Å². The summed E-state index contributed by atoms with van der Waals surface area (Å²) < 4.78 is 0. The quantitative estimate of drug-likeness (QED) is 0.545. The summed E-state index contributed by atoms with van der Waals surface area (Å²) in [5.41, 5.74) is 2.62. The summed E-state index contributed by atoms with van der Waals surface area (Å²) in [6, 6.07) is 17.0. The van der Waals surface area contributed by atoms with Gasteiger partial charge in [-0.1, -0.05) is 56.2 Å². The zero-order valence-electron chi connectivity index (χ0n) is 17.2. The molecule has 3 N–H and O–H groups in total. The molecule has 2 aromatic carbocycles. The lowest BCUT2D eigenvalue weighted by Crippen LogP contribution is -2.44. The molecule has 2 atom stereocenters. The van der Waals surface area contributed by atoms with Gasteiger partial charge in [0.1, 0.15) is 5.70 Å². The maximum Gasteiger partial charge on any atom is 0.268 e. The van der Waals surface area contributed by atoms with Gasteiger partial charge >= 0.3 is 0 Å². The lowest BCUT2D eigenvalue weighted by atomic mass is 9.86. The van der Waals surface area contributed by atoms with Gasteiger partial charge in [-0.3, -0.25) is 9.59 Å². The fraction of sp³-hybridized carbons (Fsp3) is 0.280. The maximum atomic E-state index is 13.2. The second-order valence-corrected chi connectivity index (χ2v) is 8.01. The summed E-state index contributed by atoms with van der Waals surface area (Å²) in [5, 5.41) is 6.99. The van der Waals surface area contributed by atoms with Crippen molar-refractivity contribution in [3.63, 3.8) is 0 Å². The number of H-pyrrole nitrogens is 1. The Labute approximate surface area is 176 Å². The number of aromatic nitrogens is 1. The topological polar surface area (TPSA) is 74.0 Å². The molecule has 0 spiro atoms. The van der Waals surface area contributed by atoms with E-state index in [1.54, 1.807) is 18.2 Å². The second-order valence-electron chi connectivity index (χ2n) is 8.01. The molecule has 2 amide bonds. The number of fused-ring (bicyclic) bond motifs is 1. The van der Waals surface area contributed by atoms with Gasteiger partial charge in [0.05, 0.1) is 0 Å². The van der Waals surface area contributed by atoms with Crippen LogP contribution in [0.15, 0.2) is 66.5 Å². The van der Waals surface area contributed by atoms with Gasteiger partial charge in [-0.15, -0.1) is 0 Å². The van der Waals surface area contributed by atoms with E-state index in [1.807, 2.05) is 48.7 Å². The summed E-state index contributed by atoms with van der Waals surface area (Å²) in [7, 11) is 0. The number of carbonyl (C=O) groups is 2. The Morgan fingerprint density at radius 2 is 1.73 bits per heavy atom. The zero-order chi connectivity index (χ0) is 20.9. The van der Waals surface area contributed by atoms with Gasteiger partial charge in [0, 0.05) is 34.3 Å². The van der Waals surface area contributed by atoms with Crippen LogP contribution in [0.1, 0.15) is 48.5 Å². The molecule has 0 unspecified atom stereocenters. The lowest BCUT2D eigenvalue weighted by molar-refractivity contribution is -0.119. The standard InChI is InChI=1S/C25H27N3O2/c1-17-9-5-7-13-21(17)27-25(30)23(28-24(29)18-10-3-2-4-11-18)15-19-16-26-22-14-8-6-12-20(19)22/h2-4,6,8,10-12,14-17,21,26H,5,7,9,13H2,1H3,(H,27,30)(H,28,29)/b23-15+/t17-,21-/m1/s1. The van der Waals surface area contributed by atoms with Crippen molar-refractivity contribution in [1.82, 2.24) is 15.6 Å². The van der Waals surface area contributed by atoms with E-state index in [1.165, 1.54) is 6.42 Å². The molecule has 0 saturated heterocycles. The average Bonchev–Trinajstić information content (AvgIpc) is 3.18. The summed E-state index contributed by atoms with van der Waals surface area (Å²) in [6.07, 6.45) is 8.02. The number of benzene rings is 2. The normalized spacial score (nSPS) is 19.4. The van der Waals surface area contributed by atoms with Gasteiger partial charge in [0.25, 0.3) is 11.8 Å². The first kappa shape index (κ1) is 20.0. The molecular weight excluding hydrogens is 374 g/mol. The van der Waals surface area contributed by atoms with Crippen LogP contribution in [0.25, 0.3) is 17.0 Å². The van der Waals surface area contributed by atoms with Gasteiger partial charge < -0.3 is 15.6 Å². The van der Waals surface area contributed by atoms with Crippen LogP contribution < -0.4 is 10.6 Å². The highest BCUT2D eigenvalue weighted by Crippen LogP contribution is 2.24. The third-order valence-electron chi connectivity index (χ3n) is 5.88. The van der Waals surface area contributed by atoms with E-state index in [2.05, 4.69) is 22.5 Å². The van der Waals surface area contributed by atoms with Crippen molar-refractivity contribution in [1.29, 1.82) is 0 Å². The van der Waals surface area contributed by atoms with Crippen LogP contribution in [-0.4, -0.2) is 22.8 Å². The maximum absolute atomic E-state index is 13.2. The molecule has 1 fully saturated rings. The van der Waals surface area contributed by atoms with Crippen molar-refractivity contribution in [3.05, 3.63) is 77.6 Å². The molecule has 5 heteroatoms. The summed E-state index contributed by atoms with van der Waals surface area (Å²) in [4.78, 5) is 29.2. The van der Waals surface area contributed by atoms with Crippen LogP contribution >= 0.6 is 0 Å². The highest BCUT2D eigenvalue weighted by molar-refractivity contribution is 6.06. The molecule has 30 heavy (non-hydrogen) atoms. The number of rotatable bonds is 5. The van der Waals surface area contributed by atoms with Crippen molar-refractivity contribution >= 4 is 28.8 Å². The van der Waals surface area contributed by atoms with Gasteiger partial charge in [0.2, 0.25) is 0 Å². The van der Waals surface area contributed by atoms with Gasteiger partial charge in [0.15, 0.2) is 0 Å². The number of hydrogen-bond donors (Lipinski definition) is 3. The van der Waals surface area contributed by atoms with Gasteiger partial charge in [-0.25, -0.2) is 0 Å². The smallest absolute Gasteiger partial charge is 0.268 e. The Morgan fingerprint density at radius 3 is 2.53 bits per heavy atom. The third kappa shape index (κ3) is 4.46. The first-order chi connectivity index (χ1) is 14.6. The first-order valence-electron chi connectivity index (χ1n) is 10.6. The molecule has 0 radical (unpaired) electrons. The van der Waals surface area contributed by atoms with Crippen LogP contribution in [0.2, 0.25) is 0 Å². The van der Waals surface area contributed by atoms with Crippen LogP contribution in [-0.2, 0) is 4.79 Å². The monoisotopic (exact) mass is 401 g/mol. The summed E-state index contributed by atoms with van der Waals surface area (Å²) in [5.74, 6) is -0.112. The largest absolute Gasteiger partial charge is 0.361 e. The molecule has 154 valence electrons. The van der Waals surface area contributed by atoms with Gasteiger partial charge in [-0.2, -0.15) is 0 Å². The predicted molar refractivity (Wildman–Crippen MR) is 120 cm³/mol. The Balaban J connectivity index is 1.63. The predicted octanol–water partition coefficient (Wildman–Crippen LogP) is 4.63. The fourth-order valence-corrected chi connectivity index (χ4v) is 4.09. The van der Waals surface area contributed by atoms with E-state index in [0.717, 1.165) is 35.7 Å². The number of carbonyl (C=O) groups excluding carboxylic acids is 2. The van der Waals surface area contributed by atoms with Crippen LogP contribution in [0.5, 0.6) is 0 Å². The molecule has 3 aromatic rings. The molecule has 1 aromatic heterocycles. The number of para-hydroxylation sites is 1. The minimum Gasteiger partial charge on any atom is -0.361 e. The van der Waals surface area contributed by atoms with E-state index in [-0.39, 0.29) is 23.6 Å². The van der Waals surface area contributed by atoms with Crippen LogP contribution in [0.3, 0.4) is 0 Å². The van der Waals surface area contributed by atoms with E-state index in [9.17, 15) is 9.59 Å². The minimum absolute atomic E-state index is 0.131. The van der Waals surface area contributed by atoms with Gasteiger partial charge in [-0.05, 0) is 43.0 Å². The van der Waals surface area contributed by atoms with Crippen LogP contribution in [0, 0.1) is 5.92 Å². The lowest BCUT2D eigenvalue weighted by Gasteiger charge is -2.29. The number of nitrogens with one attached hydrogen (secondary N) is 3. The van der Waals surface area contributed by atoms with E-state index >= 15 is 0 Å². The molecular formula is C25H27N3O2. The molecule has 0 bridgehead atoms. The molecule has 4 rings (SSSR count). The highest BCUT2D eigenvalue weighted by Gasteiger charge is 2.25. The number of aromatic amines is 1. The zero-order valence-corrected chi connectivity index (χ0v) is 17.2. The van der Waals surface area contributed by atoms with Crippen LogP contribution in [0.4, 0.5) is 0 Å². The summed E-state index contributed by atoms with van der Waals surface area (Å²) in [6.45, 7) is 2.18. The molecule has 5 nitrogen and oxygen atoms in total. The minimum atomic E-state index is -0.298. The number of amides is 2.